The number of sulfonamides is 1. The van der Waals surface area contributed by atoms with E-state index in [2.05, 4.69) is 15.4 Å². The molecule has 29 heavy (non-hydrogen) atoms. The van der Waals surface area contributed by atoms with E-state index in [1.54, 1.807) is 65.0 Å². The first-order valence-electron chi connectivity index (χ1n) is 9.27. The molecule has 7 nitrogen and oxygen atoms in total. The zero-order valence-corrected chi connectivity index (χ0v) is 18.1. The molecule has 0 aromatic heterocycles. The molecule has 0 aliphatic rings. The molecule has 0 fully saturated rings. The number of rotatable bonds is 6. The molecule has 3 N–H and O–H groups in total. The van der Waals surface area contributed by atoms with E-state index in [1.165, 1.54) is 12.1 Å². The van der Waals surface area contributed by atoms with Crippen LogP contribution in [0.2, 0.25) is 0 Å². The van der Waals surface area contributed by atoms with Crippen LogP contribution in [0.1, 0.15) is 50.0 Å². The van der Waals surface area contributed by atoms with E-state index in [4.69, 9.17) is 0 Å². The van der Waals surface area contributed by atoms with Crippen LogP contribution in [0, 0.1) is 6.92 Å². The standard InChI is InChI=1S/C21H27N3O4S/c1-6-19(25)22-15-8-10-16(11-9-15)23-20(26)18-13-17(12-7-14(18)2)29(27,28)24-21(3,4)5/h7-13,24H,6H2,1-5H3,(H,22,25)(H,23,26). The van der Waals surface area contributed by atoms with E-state index in [0.29, 0.717) is 23.4 Å². The van der Waals surface area contributed by atoms with Crippen molar-refractivity contribution in [2.75, 3.05) is 10.6 Å². The topological polar surface area (TPSA) is 104 Å². The first-order valence-corrected chi connectivity index (χ1v) is 10.8. The van der Waals surface area contributed by atoms with Crippen LogP contribution in [0.25, 0.3) is 0 Å². The molecule has 0 heterocycles. The Kier molecular flexibility index (Phi) is 6.81. The fourth-order valence-electron chi connectivity index (χ4n) is 2.56. The molecule has 0 radical (unpaired) electrons. The monoisotopic (exact) mass is 417 g/mol. The van der Waals surface area contributed by atoms with Crippen molar-refractivity contribution in [1.82, 2.24) is 4.72 Å². The lowest BCUT2D eigenvalue weighted by Crippen LogP contribution is -2.40. The minimum absolute atomic E-state index is 0.0285. The molecule has 2 aromatic carbocycles. The number of nitrogens with one attached hydrogen (secondary N) is 3. The molecule has 0 atom stereocenters. The summed E-state index contributed by atoms with van der Waals surface area (Å²) in [5.74, 6) is -0.514. The summed E-state index contributed by atoms with van der Waals surface area (Å²) in [6.45, 7) is 8.75. The Hall–Kier alpha value is -2.71. The van der Waals surface area contributed by atoms with Gasteiger partial charge >= 0.3 is 0 Å². The third-order valence-electron chi connectivity index (χ3n) is 3.95. The number of carbonyl (C=O) groups is 2. The van der Waals surface area contributed by atoms with E-state index in [0.717, 1.165) is 0 Å². The zero-order valence-electron chi connectivity index (χ0n) is 17.3. The average Bonchev–Trinajstić information content (AvgIpc) is 2.61. The third-order valence-corrected chi connectivity index (χ3v) is 5.71. The van der Waals surface area contributed by atoms with Gasteiger partial charge in [0.2, 0.25) is 15.9 Å². The first-order chi connectivity index (χ1) is 13.4. The summed E-state index contributed by atoms with van der Waals surface area (Å²) in [6.07, 6.45) is 0.376. The largest absolute Gasteiger partial charge is 0.326 e. The Balaban J connectivity index is 2.22. The van der Waals surface area contributed by atoms with Gasteiger partial charge < -0.3 is 10.6 Å². The summed E-state index contributed by atoms with van der Waals surface area (Å²) in [5.41, 5.74) is 1.45. The number of hydrogen-bond donors (Lipinski definition) is 3. The van der Waals surface area contributed by atoms with Crippen LogP contribution < -0.4 is 15.4 Å². The fourth-order valence-corrected chi connectivity index (χ4v) is 4.00. The molecular weight excluding hydrogens is 390 g/mol. The van der Waals surface area contributed by atoms with Gasteiger partial charge in [0.25, 0.3) is 5.91 Å². The van der Waals surface area contributed by atoms with Crippen LogP contribution in [0.3, 0.4) is 0 Å². The van der Waals surface area contributed by atoms with Crippen LogP contribution in [-0.2, 0) is 14.8 Å². The highest BCUT2D eigenvalue weighted by Crippen LogP contribution is 2.20. The maximum atomic E-state index is 12.7. The molecule has 2 rings (SSSR count). The summed E-state index contributed by atoms with van der Waals surface area (Å²) < 4.78 is 27.7. The van der Waals surface area contributed by atoms with Gasteiger partial charge in [0.1, 0.15) is 0 Å². The number of benzene rings is 2. The zero-order chi connectivity index (χ0) is 21.8. The molecule has 0 bridgehead atoms. The fraction of sp³-hybridized carbons (Fsp3) is 0.333. The molecule has 0 aliphatic carbocycles. The van der Waals surface area contributed by atoms with Gasteiger partial charge in [-0.15, -0.1) is 0 Å². The Morgan fingerprint density at radius 2 is 1.48 bits per heavy atom. The molecule has 0 saturated carbocycles. The molecule has 0 aliphatic heterocycles. The molecule has 0 unspecified atom stereocenters. The van der Waals surface area contributed by atoms with E-state index in [9.17, 15) is 18.0 Å². The minimum Gasteiger partial charge on any atom is -0.326 e. The van der Waals surface area contributed by atoms with Gasteiger partial charge in [-0.2, -0.15) is 0 Å². The van der Waals surface area contributed by atoms with Crippen LogP contribution in [0.15, 0.2) is 47.4 Å². The predicted octanol–water partition coefficient (Wildman–Crippen LogP) is 3.67. The molecule has 2 aromatic rings. The van der Waals surface area contributed by atoms with Crippen molar-refractivity contribution in [3.63, 3.8) is 0 Å². The molecular formula is C21H27N3O4S. The number of carbonyl (C=O) groups excluding carboxylic acids is 2. The summed E-state index contributed by atoms with van der Waals surface area (Å²) in [7, 11) is -3.75. The Morgan fingerprint density at radius 1 is 0.931 bits per heavy atom. The lowest BCUT2D eigenvalue weighted by molar-refractivity contribution is -0.115. The van der Waals surface area contributed by atoms with Crippen molar-refractivity contribution in [3.05, 3.63) is 53.6 Å². The van der Waals surface area contributed by atoms with Crippen LogP contribution >= 0.6 is 0 Å². The highest BCUT2D eigenvalue weighted by atomic mass is 32.2. The molecule has 2 amide bonds. The predicted molar refractivity (Wildman–Crippen MR) is 115 cm³/mol. The molecule has 156 valence electrons. The van der Waals surface area contributed by atoms with Crippen molar-refractivity contribution >= 4 is 33.2 Å². The van der Waals surface area contributed by atoms with E-state index < -0.39 is 21.5 Å². The molecule has 8 heteroatoms. The van der Waals surface area contributed by atoms with Crippen molar-refractivity contribution < 1.29 is 18.0 Å². The molecule has 0 spiro atoms. The normalized spacial score (nSPS) is 11.8. The van der Waals surface area contributed by atoms with Crippen molar-refractivity contribution in [2.24, 2.45) is 0 Å². The SMILES string of the molecule is CCC(=O)Nc1ccc(NC(=O)c2cc(S(=O)(=O)NC(C)(C)C)ccc2C)cc1. The maximum absolute atomic E-state index is 12.7. The quantitative estimate of drug-likeness (QED) is 0.667. The second-order valence-electron chi connectivity index (χ2n) is 7.77. The minimum atomic E-state index is -3.75. The van der Waals surface area contributed by atoms with Crippen LogP contribution in [0.4, 0.5) is 11.4 Å². The van der Waals surface area contributed by atoms with E-state index in [1.807, 2.05) is 0 Å². The van der Waals surface area contributed by atoms with Crippen molar-refractivity contribution in [1.29, 1.82) is 0 Å². The van der Waals surface area contributed by atoms with E-state index in [-0.39, 0.29) is 16.4 Å². The summed E-state index contributed by atoms with van der Waals surface area (Å²) >= 11 is 0. The second-order valence-corrected chi connectivity index (χ2v) is 9.45. The first kappa shape index (κ1) is 22.6. The van der Waals surface area contributed by atoms with Gasteiger partial charge in [-0.3, -0.25) is 9.59 Å². The second kappa shape index (κ2) is 8.75. The Labute approximate surface area is 172 Å². The average molecular weight is 418 g/mol. The lowest BCUT2D eigenvalue weighted by Gasteiger charge is -2.20. The summed E-state index contributed by atoms with van der Waals surface area (Å²) in [4.78, 5) is 24.2. The van der Waals surface area contributed by atoms with Gasteiger partial charge in [-0.1, -0.05) is 13.0 Å². The van der Waals surface area contributed by atoms with E-state index >= 15 is 0 Å². The van der Waals surface area contributed by atoms with Gasteiger partial charge in [-0.25, -0.2) is 13.1 Å². The smallest absolute Gasteiger partial charge is 0.255 e. The van der Waals surface area contributed by atoms with Gasteiger partial charge in [-0.05, 0) is 69.7 Å². The van der Waals surface area contributed by atoms with Crippen molar-refractivity contribution in [3.8, 4) is 0 Å². The lowest BCUT2D eigenvalue weighted by atomic mass is 10.1. The number of anilines is 2. The summed E-state index contributed by atoms with van der Waals surface area (Å²) in [5, 5.41) is 5.48. The molecule has 0 saturated heterocycles. The van der Waals surface area contributed by atoms with Crippen LogP contribution in [-0.4, -0.2) is 25.8 Å². The number of aryl methyl sites for hydroxylation is 1. The summed E-state index contributed by atoms with van der Waals surface area (Å²) in [6, 6.07) is 11.2. The Morgan fingerprint density at radius 3 is 2.00 bits per heavy atom. The highest BCUT2D eigenvalue weighted by molar-refractivity contribution is 7.89. The van der Waals surface area contributed by atoms with Crippen molar-refractivity contribution in [2.45, 2.75) is 51.5 Å². The van der Waals surface area contributed by atoms with Gasteiger partial charge in [0.15, 0.2) is 0 Å². The van der Waals surface area contributed by atoms with Gasteiger partial charge in [0.05, 0.1) is 4.90 Å². The number of amides is 2. The van der Waals surface area contributed by atoms with Gasteiger partial charge in [0, 0.05) is 28.9 Å². The Bertz CT molecular complexity index is 1010. The third kappa shape index (κ3) is 6.40. The van der Waals surface area contributed by atoms with Crippen LogP contribution in [0.5, 0.6) is 0 Å². The highest BCUT2D eigenvalue weighted by Gasteiger charge is 2.23. The maximum Gasteiger partial charge on any atom is 0.255 e. The number of hydrogen-bond acceptors (Lipinski definition) is 4.